The molecule has 2 aromatic carbocycles. The SMILES string of the molecule is CC(NC(=O)C(C(=O)c1ccccc1)n1ccccc1=O)c1ccccc1. The minimum atomic E-state index is -1.27. The smallest absolute Gasteiger partial charge is 0.251 e. The number of carbonyl (C=O) groups excluding carboxylic acids is 2. The molecule has 5 nitrogen and oxygen atoms in total. The molecular weight excluding hydrogens is 340 g/mol. The third-order valence-electron chi connectivity index (χ3n) is 4.34. The minimum absolute atomic E-state index is 0.302. The molecular formula is C22H20N2O3. The average Bonchev–Trinajstić information content (AvgIpc) is 2.71. The number of amides is 1. The number of hydrogen-bond donors (Lipinski definition) is 1. The Morgan fingerprint density at radius 3 is 2.07 bits per heavy atom. The molecule has 0 bridgehead atoms. The second-order valence-electron chi connectivity index (χ2n) is 6.22. The normalized spacial score (nSPS) is 12.8. The third-order valence-corrected chi connectivity index (χ3v) is 4.34. The number of Topliss-reactive ketones (excluding diaryl/α,β-unsaturated/α-hetero) is 1. The van der Waals surface area contributed by atoms with Gasteiger partial charge in [0.05, 0.1) is 6.04 Å². The summed E-state index contributed by atoms with van der Waals surface area (Å²) in [5.41, 5.74) is 0.882. The van der Waals surface area contributed by atoms with E-state index in [1.54, 1.807) is 42.5 Å². The molecule has 0 spiro atoms. The molecule has 2 atom stereocenters. The van der Waals surface area contributed by atoms with Crippen LogP contribution in [0.15, 0.2) is 89.9 Å². The van der Waals surface area contributed by atoms with Crippen LogP contribution in [0.1, 0.15) is 34.9 Å². The van der Waals surface area contributed by atoms with Crippen LogP contribution in [-0.4, -0.2) is 16.3 Å². The highest BCUT2D eigenvalue weighted by atomic mass is 16.2. The highest BCUT2D eigenvalue weighted by molar-refractivity contribution is 6.11. The highest BCUT2D eigenvalue weighted by Gasteiger charge is 2.30. The van der Waals surface area contributed by atoms with Crippen LogP contribution in [0.5, 0.6) is 0 Å². The highest BCUT2D eigenvalue weighted by Crippen LogP contribution is 2.17. The maximum atomic E-state index is 13.0. The summed E-state index contributed by atoms with van der Waals surface area (Å²) in [6.07, 6.45) is 1.46. The van der Waals surface area contributed by atoms with E-state index in [-0.39, 0.29) is 6.04 Å². The van der Waals surface area contributed by atoms with Crippen LogP contribution in [0.25, 0.3) is 0 Å². The molecule has 2 unspecified atom stereocenters. The van der Waals surface area contributed by atoms with Gasteiger partial charge in [-0.2, -0.15) is 0 Å². The number of rotatable bonds is 6. The van der Waals surface area contributed by atoms with Gasteiger partial charge in [-0.1, -0.05) is 66.7 Å². The van der Waals surface area contributed by atoms with Gasteiger partial charge in [-0.3, -0.25) is 19.0 Å². The van der Waals surface area contributed by atoms with Gasteiger partial charge in [-0.05, 0) is 18.6 Å². The summed E-state index contributed by atoms with van der Waals surface area (Å²) >= 11 is 0. The van der Waals surface area contributed by atoms with Gasteiger partial charge < -0.3 is 5.32 Å². The second-order valence-corrected chi connectivity index (χ2v) is 6.22. The molecule has 5 heteroatoms. The van der Waals surface area contributed by atoms with Crippen LogP contribution in [0.4, 0.5) is 0 Å². The zero-order chi connectivity index (χ0) is 19.2. The van der Waals surface area contributed by atoms with E-state index in [2.05, 4.69) is 5.32 Å². The first-order valence-electron chi connectivity index (χ1n) is 8.69. The van der Waals surface area contributed by atoms with E-state index in [9.17, 15) is 14.4 Å². The zero-order valence-electron chi connectivity index (χ0n) is 14.9. The Balaban J connectivity index is 1.94. The number of hydrogen-bond acceptors (Lipinski definition) is 3. The number of pyridine rings is 1. The van der Waals surface area contributed by atoms with Crippen molar-refractivity contribution in [3.8, 4) is 0 Å². The number of ketones is 1. The van der Waals surface area contributed by atoms with Gasteiger partial charge >= 0.3 is 0 Å². The van der Waals surface area contributed by atoms with Gasteiger partial charge in [0, 0.05) is 17.8 Å². The molecule has 3 rings (SSSR count). The lowest BCUT2D eigenvalue weighted by molar-refractivity contribution is -0.123. The van der Waals surface area contributed by atoms with E-state index >= 15 is 0 Å². The fourth-order valence-corrected chi connectivity index (χ4v) is 2.90. The van der Waals surface area contributed by atoms with Crippen molar-refractivity contribution in [3.63, 3.8) is 0 Å². The van der Waals surface area contributed by atoms with Crippen molar-refractivity contribution in [2.75, 3.05) is 0 Å². The quantitative estimate of drug-likeness (QED) is 0.542. The first-order valence-corrected chi connectivity index (χ1v) is 8.69. The zero-order valence-corrected chi connectivity index (χ0v) is 14.9. The van der Waals surface area contributed by atoms with E-state index in [1.807, 2.05) is 37.3 Å². The lowest BCUT2D eigenvalue weighted by atomic mass is 10.0. The molecule has 0 aliphatic heterocycles. The Labute approximate surface area is 157 Å². The first-order chi connectivity index (χ1) is 13.1. The maximum absolute atomic E-state index is 13.0. The summed E-state index contributed by atoms with van der Waals surface area (Å²) in [4.78, 5) is 38.3. The van der Waals surface area contributed by atoms with Crippen molar-refractivity contribution >= 4 is 11.7 Å². The van der Waals surface area contributed by atoms with Gasteiger partial charge in [0.2, 0.25) is 0 Å². The van der Waals surface area contributed by atoms with Gasteiger partial charge in [-0.25, -0.2) is 0 Å². The molecule has 0 fully saturated rings. The number of aromatic nitrogens is 1. The molecule has 0 saturated carbocycles. The molecule has 3 aromatic rings. The predicted octanol–water partition coefficient (Wildman–Crippen LogP) is 3.15. The lowest BCUT2D eigenvalue weighted by Crippen LogP contribution is -2.42. The summed E-state index contributed by atoms with van der Waals surface area (Å²) in [5.74, 6) is -0.949. The van der Waals surface area contributed by atoms with Crippen LogP contribution in [0.3, 0.4) is 0 Å². The van der Waals surface area contributed by atoms with Crippen molar-refractivity contribution in [1.29, 1.82) is 0 Å². The van der Waals surface area contributed by atoms with Crippen molar-refractivity contribution in [2.45, 2.75) is 19.0 Å². The average molecular weight is 360 g/mol. The van der Waals surface area contributed by atoms with Gasteiger partial charge in [0.15, 0.2) is 11.8 Å². The van der Waals surface area contributed by atoms with Gasteiger partial charge in [-0.15, -0.1) is 0 Å². The molecule has 1 heterocycles. The predicted molar refractivity (Wildman–Crippen MR) is 104 cm³/mol. The molecule has 0 aliphatic rings. The van der Waals surface area contributed by atoms with Crippen LogP contribution >= 0.6 is 0 Å². The van der Waals surface area contributed by atoms with Gasteiger partial charge in [0.25, 0.3) is 11.5 Å². The minimum Gasteiger partial charge on any atom is -0.347 e. The van der Waals surface area contributed by atoms with Crippen molar-refractivity contribution in [2.24, 2.45) is 0 Å². The second kappa shape index (κ2) is 8.27. The molecule has 0 radical (unpaired) electrons. The molecule has 27 heavy (non-hydrogen) atoms. The summed E-state index contributed by atoms with van der Waals surface area (Å²) in [6, 6.07) is 20.9. The Morgan fingerprint density at radius 2 is 1.44 bits per heavy atom. The monoisotopic (exact) mass is 360 g/mol. The summed E-state index contributed by atoms with van der Waals surface area (Å²) in [5, 5.41) is 2.85. The number of nitrogens with one attached hydrogen (secondary N) is 1. The van der Waals surface area contributed by atoms with Crippen molar-refractivity contribution in [3.05, 3.63) is 107 Å². The molecule has 0 aliphatic carbocycles. The summed E-state index contributed by atoms with van der Waals surface area (Å²) in [7, 11) is 0. The van der Waals surface area contributed by atoms with Crippen molar-refractivity contribution < 1.29 is 9.59 Å². The van der Waals surface area contributed by atoms with Crippen molar-refractivity contribution in [1.82, 2.24) is 9.88 Å². The Kier molecular flexibility index (Phi) is 5.61. The standard InChI is InChI=1S/C22H20N2O3/c1-16(17-10-4-2-5-11-17)23-22(27)20(24-15-9-8-14-19(24)25)21(26)18-12-6-3-7-13-18/h2-16,20H,1H3,(H,23,27). The van der Waals surface area contributed by atoms with Gasteiger partial charge in [0.1, 0.15) is 0 Å². The maximum Gasteiger partial charge on any atom is 0.251 e. The number of nitrogens with zero attached hydrogens (tertiary/aromatic N) is 1. The van der Waals surface area contributed by atoms with E-state index < -0.39 is 23.3 Å². The number of benzene rings is 2. The molecule has 1 amide bonds. The molecule has 1 N–H and O–H groups in total. The topological polar surface area (TPSA) is 68.2 Å². The molecule has 0 saturated heterocycles. The molecule has 1 aromatic heterocycles. The Morgan fingerprint density at radius 1 is 0.852 bits per heavy atom. The van der Waals surface area contributed by atoms with Crippen LogP contribution in [0.2, 0.25) is 0 Å². The summed E-state index contributed by atoms with van der Waals surface area (Å²) < 4.78 is 1.17. The first kappa shape index (κ1) is 18.3. The fourth-order valence-electron chi connectivity index (χ4n) is 2.90. The Hall–Kier alpha value is -3.47. The van der Waals surface area contributed by atoms with E-state index in [0.29, 0.717) is 5.56 Å². The largest absolute Gasteiger partial charge is 0.347 e. The van der Waals surface area contributed by atoms with Crippen LogP contribution in [-0.2, 0) is 4.79 Å². The lowest BCUT2D eigenvalue weighted by Gasteiger charge is -2.21. The molecule has 136 valence electrons. The third kappa shape index (κ3) is 4.20. The van der Waals surface area contributed by atoms with E-state index in [1.165, 1.54) is 16.8 Å². The number of carbonyl (C=O) groups is 2. The summed E-state index contributed by atoms with van der Waals surface area (Å²) in [6.45, 7) is 1.84. The van der Waals surface area contributed by atoms with Crippen LogP contribution < -0.4 is 10.9 Å². The fraction of sp³-hybridized carbons (Fsp3) is 0.136. The van der Waals surface area contributed by atoms with E-state index in [4.69, 9.17) is 0 Å². The Bertz CT molecular complexity index is 981. The van der Waals surface area contributed by atoms with E-state index in [0.717, 1.165) is 5.56 Å². The van der Waals surface area contributed by atoms with Crippen LogP contribution in [0, 0.1) is 0 Å².